The fourth-order valence-electron chi connectivity index (χ4n) is 6.46. The lowest BCUT2D eigenvalue weighted by molar-refractivity contribution is -0.210. The third-order valence-electron chi connectivity index (χ3n) is 7.55. The Balaban J connectivity index is 1.47. The predicted molar refractivity (Wildman–Crippen MR) is 101 cm³/mol. The molecule has 27 heavy (non-hydrogen) atoms. The number of rotatable bonds is 7. The fourth-order valence-corrected chi connectivity index (χ4v) is 6.46. The molecule has 0 spiro atoms. The molecule has 148 valence electrons. The number of hydroxylamine groups is 1. The number of hydrogen-bond donors (Lipinski definition) is 4. The third kappa shape index (κ3) is 3.53. The summed E-state index contributed by atoms with van der Waals surface area (Å²) < 4.78 is 0. The van der Waals surface area contributed by atoms with Crippen LogP contribution in [0, 0.1) is 29.6 Å². The van der Waals surface area contributed by atoms with E-state index >= 15 is 0 Å². The Kier molecular flexibility index (Phi) is 5.28. The van der Waals surface area contributed by atoms with Gasteiger partial charge in [0, 0.05) is 0 Å². The number of carbonyl (C=O) groups excluding carboxylic acids is 1. The molecule has 0 unspecified atom stereocenters. The number of hydrogen-bond acceptors (Lipinski definition) is 4. The van der Waals surface area contributed by atoms with Gasteiger partial charge in [0.1, 0.15) is 0 Å². The number of benzene rings is 1. The van der Waals surface area contributed by atoms with E-state index in [4.69, 9.17) is 0 Å². The minimum Gasteiger partial charge on any atom is -0.393 e. The van der Waals surface area contributed by atoms with E-state index in [1.165, 1.54) is 6.42 Å². The average molecular weight is 373 g/mol. The van der Waals surface area contributed by atoms with Crippen LogP contribution in [0.15, 0.2) is 30.3 Å². The molecule has 0 saturated heterocycles. The van der Waals surface area contributed by atoms with E-state index in [-0.39, 0.29) is 18.3 Å². The number of aryl methyl sites for hydroxylation is 1. The van der Waals surface area contributed by atoms with Crippen LogP contribution < -0.4 is 5.48 Å². The SMILES string of the molecule is O=C(NO)[C@@H](C[C@@H](O)CCc1ccccc1)C1(O)C2CC3CC(C2)CC1C3. The van der Waals surface area contributed by atoms with E-state index in [1.54, 1.807) is 5.48 Å². The van der Waals surface area contributed by atoms with Crippen LogP contribution in [0.4, 0.5) is 0 Å². The molecule has 4 bridgehead atoms. The van der Waals surface area contributed by atoms with Crippen molar-refractivity contribution < 1.29 is 20.2 Å². The molecular formula is C22H31NO4. The lowest BCUT2D eigenvalue weighted by Gasteiger charge is -2.61. The molecule has 2 atom stereocenters. The lowest BCUT2D eigenvalue weighted by Crippen LogP contribution is -2.64. The second kappa shape index (κ2) is 7.53. The quantitative estimate of drug-likeness (QED) is 0.437. The molecule has 0 heterocycles. The zero-order valence-corrected chi connectivity index (χ0v) is 15.8. The molecule has 4 aliphatic carbocycles. The monoisotopic (exact) mass is 373 g/mol. The first-order chi connectivity index (χ1) is 13.0. The summed E-state index contributed by atoms with van der Waals surface area (Å²) in [5.41, 5.74) is 1.81. The summed E-state index contributed by atoms with van der Waals surface area (Å²) in [4.78, 5) is 12.5. The molecule has 4 aliphatic rings. The van der Waals surface area contributed by atoms with E-state index in [2.05, 4.69) is 0 Å². The molecule has 1 aromatic rings. The van der Waals surface area contributed by atoms with Gasteiger partial charge in [0.2, 0.25) is 5.91 Å². The first-order valence-corrected chi connectivity index (χ1v) is 10.4. The maximum absolute atomic E-state index is 12.5. The molecule has 5 nitrogen and oxygen atoms in total. The molecule has 0 radical (unpaired) electrons. The number of nitrogens with one attached hydrogen (secondary N) is 1. The van der Waals surface area contributed by atoms with Crippen LogP contribution >= 0.6 is 0 Å². The first-order valence-electron chi connectivity index (χ1n) is 10.4. The van der Waals surface area contributed by atoms with Crippen LogP contribution in [0.25, 0.3) is 0 Å². The first kappa shape index (κ1) is 18.9. The van der Waals surface area contributed by atoms with Crippen molar-refractivity contribution in [3.8, 4) is 0 Å². The largest absolute Gasteiger partial charge is 0.393 e. The van der Waals surface area contributed by atoms with Crippen molar-refractivity contribution in [3.05, 3.63) is 35.9 Å². The average Bonchev–Trinajstić information content (AvgIpc) is 2.68. The highest BCUT2D eigenvalue weighted by Gasteiger charge is 2.61. The van der Waals surface area contributed by atoms with Crippen molar-refractivity contribution in [2.75, 3.05) is 0 Å². The standard InChI is InChI=1S/C22H31NO4/c24-19(7-6-14-4-2-1-3-5-14)13-20(21(25)23-27)22(26)17-9-15-8-16(11-17)12-18(22)10-15/h1-5,15-20,24,26-27H,6-13H2,(H,23,25)/t15?,16?,17?,18?,19-,20+,22?/m0/s1. The van der Waals surface area contributed by atoms with E-state index < -0.39 is 23.5 Å². The van der Waals surface area contributed by atoms with Crippen molar-refractivity contribution in [2.24, 2.45) is 29.6 Å². The van der Waals surface area contributed by atoms with E-state index in [9.17, 15) is 20.2 Å². The van der Waals surface area contributed by atoms with Gasteiger partial charge in [-0.25, -0.2) is 5.48 Å². The predicted octanol–water partition coefficient (Wildman–Crippen LogP) is 2.68. The van der Waals surface area contributed by atoms with Gasteiger partial charge >= 0.3 is 0 Å². The van der Waals surface area contributed by atoms with Gasteiger partial charge in [-0.1, -0.05) is 30.3 Å². The van der Waals surface area contributed by atoms with Crippen molar-refractivity contribution >= 4 is 5.91 Å². The Morgan fingerprint density at radius 1 is 1.07 bits per heavy atom. The topological polar surface area (TPSA) is 89.8 Å². The second-order valence-corrected chi connectivity index (χ2v) is 9.13. The normalized spacial score (nSPS) is 36.4. The summed E-state index contributed by atoms with van der Waals surface area (Å²) in [6.07, 6.45) is 5.92. The minimum absolute atomic E-state index is 0.109. The zero-order chi connectivity index (χ0) is 19.0. The Morgan fingerprint density at radius 3 is 2.22 bits per heavy atom. The Hall–Kier alpha value is -1.43. The third-order valence-corrected chi connectivity index (χ3v) is 7.55. The summed E-state index contributed by atoms with van der Waals surface area (Å²) in [5.74, 6) is 0.254. The van der Waals surface area contributed by atoms with Crippen molar-refractivity contribution in [1.82, 2.24) is 5.48 Å². The number of amides is 1. The summed E-state index contributed by atoms with van der Waals surface area (Å²) in [5, 5.41) is 31.6. The van der Waals surface area contributed by atoms with Crippen molar-refractivity contribution in [1.29, 1.82) is 0 Å². The Bertz CT molecular complexity index is 634. The molecule has 5 rings (SSSR count). The van der Waals surface area contributed by atoms with Gasteiger partial charge in [-0.2, -0.15) is 0 Å². The summed E-state index contributed by atoms with van der Waals surface area (Å²) in [7, 11) is 0. The summed E-state index contributed by atoms with van der Waals surface area (Å²) in [6, 6.07) is 9.96. The molecule has 4 saturated carbocycles. The van der Waals surface area contributed by atoms with Gasteiger partial charge in [0.05, 0.1) is 17.6 Å². The zero-order valence-electron chi connectivity index (χ0n) is 15.8. The van der Waals surface area contributed by atoms with Gasteiger partial charge in [-0.15, -0.1) is 0 Å². The van der Waals surface area contributed by atoms with Crippen LogP contribution in [-0.2, 0) is 11.2 Å². The number of aliphatic hydroxyl groups is 2. The molecule has 4 fully saturated rings. The Labute approximate surface area is 160 Å². The molecule has 4 N–H and O–H groups in total. The number of aliphatic hydroxyl groups excluding tert-OH is 1. The van der Waals surface area contributed by atoms with E-state index in [0.29, 0.717) is 18.3 Å². The minimum atomic E-state index is -1.10. The van der Waals surface area contributed by atoms with Crippen molar-refractivity contribution in [3.63, 3.8) is 0 Å². The molecule has 0 aromatic heterocycles. The lowest BCUT2D eigenvalue weighted by atomic mass is 9.47. The highest BCUT2D eigenvalue weighted by molar-refractivity contribution is 5.79. The fraction of sp³-hybridized carbons (Fsp3) is 0.682. The molecular weight excluding hydrogens is 342 g/mol. The van der Waals surface area contributed by atoms with Gasteiger partial charge in [-0.3, -0.25) is 10.0 Å². The van der Waals surface area contributed by atoms with Gasteiger partial charge in [0.15, 0.2) is 0 Å². The molecule has 1 aromatic carbocycles. The van der Waals surface area contributed by atoms with Crippen molar-refractivity contribution in [2.45, 2.75) is 63.1 Å². The van der Waals surface area contributed by atoms with Gasteiger partial charge < -0.3 is 10.2 Å². The maximum atomic E-state index is 12.5. The van der Waals surface area contributed by atoms with E-state index in [0.717, 1.165) is 37.7 Å². The van der Waals surface area contributed by atoms with E-state index in [1.807, 2.05) is 30.3 Å². The van der Waals surface area contributed by atoms with Crippen LogP contribution in [-0.4, -0.2) is 33.0 Å². The molecule has 1 amide bonds. The maximum Gasteiger partial charge on any atom is 0.249 e. The number of carbonyl (C=O) groups is 1. The van der Waals surface area contributed by atoms with Crippen LogP contribution in [0.5, 0.6) is 0 Å². The van der Waals surface area contributed by atoms with Gasteiger partial charge in [0.25, 0.3) is 0 Å². The highest BCUT2D eigenvalue weighted by atomic mass is 16.5. The van der Waals surface area contributed by atoms with Crippen LogP contribution in [0.2, 0.25) is 0 Å². The molecule has 0 aliphatic heterocycles. The Morgan fingerprint density at radius 2 is 1.67 bits per heavy atom. The summed E-state index contributed by atoms with van der Waals surface area (Å²) in [6.45, 7) is 0. The smallest absolute Gasteiger partial charge is 0.249 e. The highest BCUT2D eigenvalue weighted by Crippen LogP contribution is 2.60. The molecule has 5 heteroatoms. The summed E-state index contributed by atoms with van der Waals surface area (Å²) >= 11 is 0. The van der Waals surface area contributed by atoms with Crippen LogP contribution in [0.1, 0.15) is 50.5 Å². The second-order valence-electron chi connectivity index (χ2n) is 9.13. The van der Waals surface area contributed by atoms with Gasteiger partial charge in [-0.05, 0) is 80.6 Å². The van der Waals surface area contributed by atoms with Crippen LogP contribution in [0.3, 0.4) is 0 Å².